The van der Waals surface area contributed by atoms with Crippen molar-refractivity contribution < 1.29 is 4.79 Å². The first-order valence-corrected chi connectivity index (χ1v) is 15.0. The van der Waals surface area contributed by atoms with Gasteiger partial charge >= 0.3 is 0 Å². The number of hydrogen-bond acceptors (Lipinski definition) is 5. The number of aromatic nitrogens is 4. The maximum Gasteiger partial charge on any atom is 0.247 e. The fraction of sp³-hybridized carbons (Fsp3) is 0.286. The van der Waals surface area contributed by atoms with Crippen LogP contribution in [-0.2, 0) is 4.79 Å². The lowest BCUT2D eigenvalue weighted by atomic mass is 9.96. The highest BCUT2D eigenvalue weighted by Crippen LogP contribution is 2.41. The SMILES string of the molecule is C=CC(=O)Nc1cc(-c2c(-c3ccc(N4CCN(C)[C@H](C)C4)cc3)[nH]c3ncc(-c4cnn(C5CC5)c4)cc23)ccc1C. The summed E-state index contributed by atoms with van der Waals surface area (Å²) in [6.07, 6.45) is 9.65. The van der Waals surface area contributed by atoms with Gasteiger partial charge in [0.15, 0.2) is 0 Å². The van der Waals surface area contributed by atoms with Crippen molar-refractivity contribution in [2.45, 2.75) is 38.8 Å². The van der Waals surface area contributed by atoms with Crippen molar-refractivity contribution in [3.8, 4) is 33.5 Å². The highest BCUT2D eigenvalue weighted by molar-refractivity contribution is 6.05. The zero-order valence-electron chi connectivity index (χ0n) is 25.0. The first kappa shape index (κ1) is 27.2. The van der Waals surface area contributed by atoms with Crippen molar-refractivity contribution in [2.24, 2.45) is 0 Å². The molecule has 2 N–H and O–H groups in total. The van der Waals surface area contributed by atoms with Crippen molar-refractivity contribution in [3.63, 3.8) is 0 Å². The lowest BCUT2D eigenvalue weighted by Gasteiger charge is -2.39. The number of benzene rings is 2. The number of anilines is 2. The number of carbonyl (C=O) groups excluding carboxylic acids is 1. The van der Waals surface area contributed by atoms with Crippen molar-refractivity contribution >= 4 is 28.3 Å². The first-order chi connectivity index (χ1) is 20.9. The molecule has 218 valence electrons. The number of likely N-dealkylation sites (N-methyl/N-ethyl adjacent to an activating group) is 1. The van der Waals surface area contributed by atoms with Crippen LogP contribution in [0.3, 0.4) is 0 Å². The third-order valence-electron chi connectivity index (χ3n) is 8.96. The summed E-state index contributed by atoms with van der Waals surface area (Å²) in [4.78, 5) is 25.6. The molecule has 0 bridgehead atoms. The zero-order valence-corrected chi connectivity index (χ0v) is 25.0. The largest absolute Gasteiger partial charge is 0.369 e. The number of aromatic amines is 1. The van der Waals surface area contributed by atoms with Gasteiger partial charge in [-0.1, -0.05) is 30.8 Å². The Morgan fingerprint density at radius 1 is 1.02 bits per heavy atom. The van der Waals surface area contributed by atoms with E-state index >= 15 is 0 Å². The van der Waals surface area contributed by atoms with Gasteiger partial charge in [0, 0.05) is 71.5 Å². The van der Waals surface area contributed by atoms with Gasteiger partial charge < -0.3 is 20.1 Å². The van der Waals surface area contributed by atoms with Crippen molar-refractivity contribution in [1.29, 1.82) is 0 Å². The average molecular weight is 572 g/mol. The predicted molar refractivity (Wildman–Crippen MR) is 174 cm³/mol. The maximum atomic E-state index is 12.2. The van der Waals surface area contributed by atoms with Gasteiger partial charge in [-0.3, -0.25) is 9.48 Å². The molecule has 2 aliphatic rings. The van der Waals surface area contributed by atoms with E-state index in [2.05, 4.69) is 93.0 Å². The van der Waals surface area contributed by atoms with E-state index in [1.807, 2.05) is 31.5 Å². The molecule has 7 rings (SSSR count). The molecule has 8 heteroatoms. The van der Waals surface area contributed by atoms with Crippen molar-refractivity contribution in [1.82, 2.24) is 24.6 Å². The second-order valence-electron chi connectivity index (χ2n) is 12.0. The molecule has 0 unspecified atom stereocenters. The number of nitrogens with one attached hydrogen (secondary N) is 2. The molecule has 0 radical (unpaired) electrons. The summed E-state index contributed by atoms with van der Waals surface area (Å²) in [7, 11) is 2.19. The zero-order chi connectivity index (χ0) is 29.7. The van der Waals surface area contributed by atoms with E-state index in [9.17, 15) is 4.79 Å². The second-order valence-corrected chi connectivity index (χ2v) is 12.0. The Balaban J connectivity index is 1.33. The predicted octanol–water partition coefficient (Wildman–Crippen LogP) is 6.67. The molecule has 1 amide bonds. The molecule has 4 heterocycles. The third kappa shape index (κ3) is 5.23. The number of piperazine rings is 1. The number of aryl methyl sites for hydroxylation is 1. The summed E-state index contributed by atoms with van der Waals surface area (Å²) in [5.41, 5.74) is 10.0. The van der Waals surface area contributed by atoms with Crippen LogP contribution in [0.4, 0.5) is 11.4 Å². The van der Waals surface area contributed by atoms with Crippen molar-refractivity contribution in [3.05, 3.63) is 85.3 Å². The highest BCUT2D eigenvalue weighted by Gasteiger charge is 2.25. The van der Waals surface area contributed by atoms with E-state index in [-0.39, 0.29) is 5.91 Å². The number of nitrogens with zero attached hydrogens (tertiary/aromatic N) is 5. The minimum atomic E-state index is -0.232. The molecular formula is C35H37N7O. The number of carbonyl (C=O) groups is 1. The Labute approximate surface area is 252 Å². The molecule has 3 aromatic heterocycles. The van der Waals surface area contributed by atoms with E-state index in [0.717, 1.165) is 75.4 Å². The number of H-pyrrole nitrogens is 1. The Kier molecular flexibility index (Phi) is 6.86. The summed E-state index contributed by atoms with van der Waals surface area (Å²) in [5, 5.41) is 8.60. The number of rotatable bonds is 7. The normalized spacial score (nSPS) is 17.4. The summed E-state index contributed by atoms with van der Waals surface area (Å²) >= 11 is 0. The monoisotopic (exact) mass is 571 g/mol. The summed E-state index contributed by atoms with van der Waals surface area (Å²) in [5.74, 6) is -0.232. The fourth-order valence-electron chi connectivity index (χ4n) is 5.99. The van der Waals surface area contributed by atoms with Crippen LogP contribution in [0.5, 0.6) is 0 Å². The molecule has 43 heavy (non-hydrogen) atoms. The molecular weight excluding hydrogens is 534 g/mol. The lowest BCUT2D eigenvalue weighted by molar-refractivity contribution is -0.111. The smallest absolute Gasteiger partial charge is 0.247 e. The number of amides is 1. The van der Waals surface area contributed by atoms with Gasteiger partial charge in [-0.2, -0.15) is 5.10 Å². The summed E-state index contributed by atoms with van der Waals surface area (Å²) < 4.78 is 2.07. The van der Waals surface area contributed by atoms with Crippen LogP contribution in [0, 0.1) is 6.92 Å². The number of fused-ring (bicyclic) bond motifs is 1. The highest BCUT2D eigenvalue weighted by atomic mass is 16.1. The Morgan fingerprint density at radius 2 is 1.81 bits per heavy atom. The van der Waals surface area contributed by atoms with Crippen LogP contribution in [0.25, 0.3) is 44.5 Å². The Morgan fingerprint density at radius 3 is 2.56 bits per heavy atom. The maximum absolute atomic E-state index is 12.2. The van der Waals surface area contributed by atoms with Crippen molar-refractivity contribution in [2.75, 3.05) is 36.9 Å². The third-order valence-corrected chi connectivity index (χ3v) is 8.96. The van der Waals surface area contributed by atoms with Crippen LogP contribution in [0.2, 0.25) is 0 Å². The van der Waals surface area contributed by atoms with Gasteiger partial charge in [0.2, 0.25) is 5.91 Å². The van der Waals surface area contributed by atoms with E-state index in [0.29, 0.717) is 12.1 Å². The Hall–Kier alpha value is -4.69. The van der Waals surface area contributed by atoms with Gasteiger partial charge in [-0.25, -0.2) is 4.98 Å². The molecule has 2 aromatic carbocycles. The van der Waals surface area contributed by atoms with E-state index in [1.54, 1.807) is 0 Å². The lowest BCUT2D eigenvalue weighted by Crippen LogP contribution is -2.50. The number of pyridine rings is 1. The van der Waals surface area contributed by atoms with Gasteiger partial charge in [-0.15, -0.1) is 0 Å². The van der Waals surface area contributed by atoms with Gasteiger partial charge in [-0.05, 0) is 80.8 Å². The standard InChI is InChI=1S/C35H37N7O/c1-5-32(43)38-31-17-25(7-6-22(31)2)33-30-16-26(27-19-37-42(21-27)29-12-13-29)18-36-35(30)39-34(33)24-8-10-28(11-9-24)41-15-14-40(4)23(3)20-41/h5-11,16-19,21,23,29H,1,12-15,20H2,2-4H3,(H,36,39)(H,38,43)/t23-/m1/s1. The molecule has 1 aliphatic heterocycles. The van der Waals surface area contributed by atoms with Crippen LogP contribution >= 0.6 is 0 Å². The van der Waals surface area contributed by atoms with Gasteiger partial charge in [0.05, 0.1) is 17.9 Å². The molecule has 1 aliphatic carbocycles. The molecule has 1 atom stereocenters. The Bertz CT molecular complexity index is 1830. The van der Waals surface area contributed by atoms with E-state index in [4.69, 9.17) is 4.98 Å². The molecule has 1 saturated carbocycles. The molecule has 2 fully saturated rings. The fourth-order valence-corrected chi connectivity index (χ4v) is 5.99. The topological polar surface area (TPSA) is 82.1 Å². The summed E-state index contributed by atoms with van der Waals surface area (Å²) in [6, 6.07) is 18.3. The quantitative estimate of drug-likeness (QED) is 0.213. The summed E-state index contributed by atoms with van der Waals surface area (Å²) in [6.45, 7) is 11.0. The average Bonchev–Trinajstić information content (AvgIpc) is 3.63. The van der Waals surface area contributed by atoms with Gasteiger partial charge in [0.1, 0.15) is 5.65 Å². The molecule has 1 saturated heterocycles. The molecule has 0 spiro atoms. The molecule has 8 nitrogen and oxygen atoms in total. The minimum Gasteiger partial charge on any atom is -0.369 e. The van der Waals surface area contributed by atoms with E-state index < -0.39 is 0 Å². The van der Waals surface area contributed by atoms with Crippen LogP contribution in [-0.4, -0.2) is 63.3 Å². The second kappa shape index (κ2) is 10.9. The molecule has 5 aromatic rings. The van der Waals surface area contributed by atoms with Crippen LogP contribution < -0.4 is 10.2 Å². The minimum absolute atomic E-state index is 0.232. The van der Waals surface area contributed by atoms with E-state index in [1.165, 1.54) is 24.6 Å². The van der Waals surface area contributed by atoms with Crippen LogP contribution in [0.15, 0.2) is 79.8 Å². The number of hydrogen-bond donors (Lipinski definition) is 2. The van der Waals surface area contributed by atoms with Crippen LogP contribution in [0.1, 0.15) is 31.4 Å². The van der Waals surface area contributed by atoms with Gasteiger partial charge in [0.25, 0.3) is 0 Å². The first-order valence-electron chi connectivity index (χ1n) is 15.0.